The molecule has 130 valence electrons. The highest BCUT2D eigenvalue weighted by Crippen LogP contribution is 2.30. The van der Waals surface area contributed by atoms with E-state index in [0.29, 0.717) is 18.2 Å². The Bertz CT molecular complexity index is 875. The third kappa shape index (κ3) is 2.89. The van der Waals surface area contributed by atoms with Gasteiger partial charge in [0.05, 0.1) is 5.51 Å². The summed E-state index contributed by atoms with van der Waals surface area (Å²) in [4.78, 5) is 28.6. The maximum Gasteiger partial charge on any atom is 0.273 e. The molecule has 3 aromatic heterocycles. The molecule has 0 aliphatic carbocycles. The number of aromatic nitrogens is 3. The summed E-state index contributed by atoms with van der Waals surface area (Å²) in [6.07, 6.45) is 4.74. The zero-order valence-electron chi connectivity index (χ0n) is 14.3. The Morgan fingerprint density at radius 2 is 2.28 bits per heavy atom. The van der Waals surface area contributed by atoms with Gasteiger partial charge in [0.25, 0.3) is 5.91 Å². The summed E-state index contributed by atoms with van der Waals surface area (Å²) in [5.41, 5.74) is 4.30. The Balaban J connectivity index is 1.59. The molecule has 1 N–H and O–H groups in total. The van der Waals surface area contributed by atoms with E-state index >= 15 is 0 Å². The Kier molecular flexibility index (Phi) is 4.17. The maximum absolute atomic E-state index is 12.7. The molecular weight excluding hydrogens is 334 g/mol. The van der Waals surface area contributed by atoms with E-state index in [1.165, 1.54) is 11.3 Å². The highest BCUT2D eigenvalue weighted by Gasteiger charge is 2.33. The molecule has 25 heavy (non-hydrogen) atoms. The number of anilines is 1. The summed E-state index contributed by atoms with van der Waals surface area (Å²) in [6, 6.07) is 4.36. The molecule has 2 unspecified atom stereocenters. The van der Waals surface area contributed by atoms with Gasteiger partial charge in [-0.05, 0) is 24.5 Å². The number of carbonyl (C=O) groups excluding carboxylic acids is 1. The molecule has 1 amide bonds. The molecule has 1 saturated heterocycles. The zero-order chi connectivity index (χ0) is 17.4. The van der Waals surface area contributed by atoms with Crippen molar-refractivity contribution in [3.05, 3.63) is 41.1 Å². The molecule has 0 bridgehead atoms. The van der Waals surface area contributed by atoms with Crippen molar-refractivity contribution in [3.63, 3.8) is 0 Å². The lowest BCUT2D eigenvalue weighted by Crippen LogP contribution is -2.52. The van der Waals surface area contributed by atoms with Gasteiger partial charge in [-0.2, -0.15) is 0 Å². The molecule has 0 saturated carbocycles. The first-order valence-corrected chi connectivity index (χ1v) is 9.42. The van der Waals surface area contributed by atoms with Crippen LogP contribution in [0.2, 0.25) is 0 Å². The van der Waals surface area contributed by atoms with Gasteiger partial charge in [0, 0.05) is 55.0 Å². The van der Waals surface area contributed by atoms with Crippen molar-refractivity contribution < 1.29 is 4.79 Å². The normalized spacial score (nSPS) is 20.8. The van der Waals surface area contributed by atoms with E-state index in [1.54, 1.807) is 5.51 Å². The minimum Gasteiger partial charge on any atom is -0.369 e. The third-order valence-corrected chi connectivity index (χ3v) is 5.76. The van der Waals surface area contributed by atoms with Gasteiger partial charge in [-0.15, -0.1) is 11.3 Å². The summed E-state index contributed by atoms with van der Waals surface area (Å²) in [5.74, 6) is 0.541. The molecule has 4 heterocycles. The van der Waals surface area contributed by atoms with E-state index in [0.717, 1.165) is 29.7 Å². The van der Waals surface area contributed by atoms with Crippen LogP contribution >= 0.6 is 11.3 Å². The second-order valence-electron chi connectivity index (χ2n) is 6.64. The van der Waals surface area contributed by atoms with Crippen LogP contribution in [0.15, 0.2) is 35.4 Å². The number of hydrogen-bond donors (Lipinski definition) is 1. The fourth-order valence-corrected chi connectivity index (χ4v) is 4.18. The lowest BCUT2D eigenvalue weighted by Gasteiger charge is -2.42. The lowest BCUT2D eigenvalue weighted by molar-refractivity contribution is 0.0665. The summed E-state index contributed by atoms with van der Waals surface area (Å²) in [6.45, 7) is 3.77. The van der Waals surface area contributed by atoms with Crippen molar-refractivity contribution in [2.24, 2.45) is 5.92 Å². The van der Waals surface area contributed by atoms with Crippen LogP contribution in [0.5, 0.6) is 0 Å². The predicted molar refractivity (Wildman–Crippen MR) is 100 cm³/mol. The lowest BCUT2D eigenvalue weighted by atomic mass is 9.91. The molecule has 1 aliphatic heterocycles. The zero-order valence-corrected chi connectivity index (χ0v) is 15.2. The average molecular weight is 355 g/mol. The Morgan fingerprint density at radius 1 is 1.40 bits per heavy atom. The van der Waals surface area contributed by atoms with Gasteiger partial charge < -0.3 is 14.8 Å². The quantitative estimate of drug-likeness (QED) is 0.784. The molecule has 7 heteroatoms. The molecule has 2 atom stereocenters. The first-order valence-electron chi connectivity index (χ1n) is 8.47. The predicted octanol–water partition coefficient (Wildman–Crippen LogP) is 3.01. The average Bonchev–Trinajstić information content (AvgIpc) is 3.32. The summed E-state index contributed by atoms with van der Waals surface area (Å²) >= 11 is 1.46. The number of thiazole rings is 1. The van der Waals surface area contributed by atoms with Gasteiger partial charge in [-0.25, -0.2) is 9.97 Å². The summed E-state index contributed by atoms with van der Waals surface area (Å²) in [7, 11) is 2.11. The van der Waals surface area contributed by atoms with Gasteiger partial charge in [0.2, 0.25) is 0 Å². The van der Waals surface area contributed by atoms with Crippen molar-refractivity contribution in [2.75, 3.05) is 25.0 Å². The standard InChI is InChI=1S/C18H21N5OS/c1-12-5-8-23(18(24)14-10-25-11-21-14)9-16(12)22(2)15-4-7-20-17-13(15)3-6-19-17/h3-4,6-7,10-12,16H,5,8-9H2,1-2H3,(H,19,20). The van der Waals surface area contributed by atoms with E-state index < -0.39 is 0 Å². The van der Waals surface area contributed by atoms with Gasteiger partial charge in [0.1, 0.15) is 11.3 Å². The molecule has 6 nitrogen and oxygen atoms in total. The van der Waals surface area contributed by atoms with Crippen molar-refractivity contribution >= 4 is 34.0 Å². The Hall–Kier alpha value is -2.41. The van der Waals surface area contributed by atoms with Crippen LogP contribution in [-0.2, 0) is 0 Å². The number of H-pyrrole nitrogens is 1. The second-order valence-corrected chi connectivity index (χ2v) is 7.36. The van der Waals surface area contributed by atoms with Crippen LogP contribution in [0.4, 0.5) is 5.69 Å². The van der Waals surface area contributed by atoms with E-state index in [4.69, 9.17) is 0 Å². The molecule has 0 aromatic carbocycles. The van der Waals surface area contributed by atoms with Crippen LogP contribution in [-0.4, -0.2) is 51.9 Å². The van der Waals surface area contributed by atoms with Crippen molar-refractivity contribution in [1.82, 2.24) is 19.9 Å². The van der Waals surface area contributed by atoms with E-state index in [1.807, 2.05) is 28.7 Å². The minimum atomic E-state index is 0.0352. The fraction of sp³-hybridized carbons (Fsp3) is 0.389. The van der Waals surface area contributed by atoms with E-state index in [9.17, 15) is 4.79 Å². The Labute approximate surface area is 150 Å². The number of pyridine rings is 1. The molecule has 3 aromatic rings. The van der Waals surface area contributed by atoms with Crippen LogP contribution in [0.25, 0.3) is 11.0 Å². The third-order valence-electron chi connectivity index (χ3n) is 5.17. The minimum absolute atomic E-state index is 0.0352. The number of fused-ring (bicyclic) bond motifs is 1. The molecule has 0 spiro atoms. The first kappa shape index (κ1) is 16.1. The second kappa shape index (κ2) is 6.48. The van der Waals surface area contributed by atoms with Crippen molar-refractivity contribution in [3.8, 4) is 0 Å². The van der Waals surface area contributed by atoms with E-state index in [2.05, 4.69) is 39.9 Å². The Morgan fingerprint density at radius 3 is 3.08 bits per heavy atom. The molecule has 1 aliphatic rings. The maximum atomic E-state index is 12.7. The number of nitrogens with one attached hydrogen (secondary N) is 1. The molecule has 0 radical (unpaired) electrons. The number of hydrogen-bond acceptors (Lipinski definition) is 5. The monoisotopic (exact) mass is 355 g/mol. The number of carbonyl (C=O) groups is 1. The topological polar surface area (TPSA) is 65.1 Å². The number of nitrogens with zero attached hydrogens (tertiary/aromatic N) is 4. The fourth-order valence-electron chi connectivity index (χ4n) is 3.65. The molecule has 1 fully saturated rings. The van der Waals surface area contributed by atoms with Gasteiger partial charge >= 0.3 is 0 Å². The van der Waals surface area contributed by atoms with Crippen molar-refractivity contribution in [1.29, 1.82) is 0 Å². The highest BCUT2D eigenvalue weighted by molar-refractivity contribution is 7.07. The van der Waals surface area contributed by atoms with Crippen LogP contribution in [0.3, 0.4) is 0 Å². The number of rotatable bonds is 3. The van der Waals surface area contributed by atoms with Crippen LogP contribution in [0.1, 0.15) is 23.8 Å². The van der Waals surface area contributed by atoms with Crippen molar-refractivity contribution in [2.45, 2.75) is 19.4 Å². The van der Waals surface area contributed by atoms with Gasteiger partial charge in [0.15, 0.2) is 0 Å². The van der Waals surface area contributed by atoms with Crippen LogP contribution < -0.4 is 4.90 Å². The molecular formula is C18H21N5OS. The van der Waals surface area contributed by atoms with E-state index in [-0.39, 0.29) is 11.9 Å². The molecule has 4 rings (SSSR count). The smallest absolute Gasteiger partial charge is 0.273 e. The number of piperidine rings is 1. The van der Waals surface area contributed by atoms with Gasteiger partial charge in [-0.1, -0.05) is 6.92 Å². The number of amides is 1. The SMILES string of the molecule is CC1CCN(C(=O)c2cscn2)CC1N(C)c1ccnc2[nH]ccc12. The largest absolute Gasteiger partial charge is 0.369 e. The first-order chi connectivity index (χ1) is 12.1. The highest BCUT2D eigenvalue weighted by atomic mass is 32.1. The summed E-state index contributed by atoms with van der Waals surface area (Å²) < 4.78 is 0. The van der Waals surface area contributed by atoms with Gasteiger partial charge in [-0.3, -0.25) is 4.79 Å². The number of likely N-dealkylation sites (N-methyl/N-ethyl adjacent to an activating group) is 1. The number of aromatic amines is 1. The number of likely N-dealkylation sites (tertiary alicyclic amines) is 1. The summed E-state index contributed by atoms with van der Waals surface area (Å²) in [5, 5.41) is 2.94. The van der Waals surface area contributed by atoms with Crippen LogP contribution in [0, 0.1) is 5.92 Å².